The first-order chi connectivity index (χ1) is 13.1. The monoisotopic (exact) mass is 506 g/mol. The van der Waals surface area contributed by atoms with E-state index >= 15 is 0 Å². The summed E-state index contributed by atoms with van der Waals surface area (Å²) < 4.78 is 19.2. The molecule has 1 saturated carbocycles. The summed E-state index contributed by atoms with van der Waals surface area (Å²) in [6, 6.07) is 6.36. The maximum Gasteiger partial charge on any atom is 0.223 e. The number of amides is 1. The third-order valence-corrected chi connectivity index (χ3v) is 4.44. The van der Waals surface area contributed by atoms with Crippen LogP contribution >= 0.6 is 24.0 Å². The van der Waals surface area contributed by atoms with Crippen LogP contribution in [-0.2, 0) is 4.79 Å². The van der Waals surface area contributed by atoms with Gasteiger partial charge in [-0.05, 0) is 45.2 Å². The SMILES string of the molecule is CCNC(=NCC(C)Oc1ccccc1F)NCCCNC(=O)C1CCC1.I. The molecule has 3 N–H and O–H groups in total. The number of para-hydroxylation sites is 1. The highest BCUT2D eigenvalue weighted by Gasteiger charge is 2.24. The van der Waals surface area contributed by atoms with Crippen molar-refractivity contribution in [3.8, 4) is 5.75 Å². The number of carbonyl (C=O) groups is 1. The van der Waals surface area contributed by atoms with E-state index in [1.807, 2.05) is 13.8 Å². The molecule has 1 aliphatic rings. The van der Waals surface area contributed by atoms with Gasteiger partial charge in [0.25, 0.3) is 0 Å². The molecule has 0 bridgehead atoms. The number of rotatable bonds is 10. The van der Waals surface area contributed by atoms with Crippen LogP contribution in [0.15, 0.2) is 29.3 Å². The first-order valence-corrected chi connectivity index (χ1v) is 9.81. The minimum absolute atomic E-state index is 0. The van der Waals surface area contributed by atoms with Crippen molar-refractivity contribution >= 4 is 35.8 Å². The fourth-order valence-electron chi connectivity index (χ4n) is 2.68. The smallest absolute Gasteiger partial charge is 0.223 e. The molecule has 1 aliphatic carbocycles. The van der Waals surface area contributed by atoms with Gasteiger partial charge in [-0.15, -0.1) is 24.0 Å². The standard InChI is InChI=1S/C20H31FN4O2.HI/c1-3-22-20(24-13-7-12-23-19(26)16-8-6-9-16)25-14-15(2)27-18-11-5-4-10-17(18)21;/h4-5,10-11,15-16H,3,6-9,12-14H2,1-2H3,(H,23,26)(H2,22,24,25);1H. The van der Waals surface area contributed by atoms with Crippen LogP contribution in [0.3, 0.4) is 0 Å². The number of hydrogen-bond acceptors (Lipinski definition) is 3. The lowest BCUT2D eigenvalue weighted by Gasteiger charge is -2.24. The van der Waals surface area contributed by atoms with Gasteiger partial charge in [0, 0.05) is 25.6 Å². The quantitative estimate of drug-likeness (QED) is 0.198. The topological polar surface area (TPSA) is 74.8 Å². The van der Waals surface area contributed by atoms with Crippen molar-refractivity contribution in [1.29, 1.82) is 0 Å². The molecule has 2 rings (SSSR count). The van der Waals surface area contributed by atoms with Crippen molar-refractivity contribution in [3.63, 3.8) is 0 Å². The Labute approximate surface area is 184 Å². The van der Waals surface area contributed by atoms with Crippen molar-refractivity contribution in [2.75, 3.05) is 26.2 Å². The Balaban J connectivity index is 0.00000392. The van der Waals surface area contributed by atoms with Crippen molar-refractivity contribution in [3.05, 3.63) is 30.1 Å². The second-order valence-electron chi connectivity index (χ2n) is 6.78. The van der Waals surface area contributed by atoms with Crippen LogP contribution in [-0.4, -0.2) is 44.1 Å². The van der Waals surface area contributed by atoms with Crippen LogP contribution in [0, 0.1) is 11.7 Å². The van der Waals surface area contributed by atoms with Crippen molar-refractivity contribution in [1.82, 2.24) is 16.0 Å². The minimum atomic E-state index is -0.373. The summed E-state index contributed by atoms with van der Waals surface area (Å²) in [7, 11) is 0. The molecule has 1 amide bonds. The molecule has 1 unspecified atom stereocenters. The van der Waals surface area contributed by atoms with Gasteiger partial charge in [0.1, 0.15) is 6.10 Å². The summed E-state index contributed by atoms with van der Waals surface area (Å²) in [5.74, 6) is 0.961. The highest BCUT2D eigenvalue weighted by Crippen LogP contribution is 2.26. The average Bonchev–Trinajstić information content (AvgIpc) is 2.59. The fraction of sp³-hybridized carbons (Fsp3) is 0.600. The van der Waals surface area contributed by atoms with Crippen LogP contribution in [0.1, 0.15) is 39.5 Å². The molecule has 8 heteroatoms. The molecule has 28 heavy (non-hydrogen) atoms. The van der Waals surface area contributed by atoms with E-state index in [1.54, 1.807) is 18.2 Å². The Morgan fingerprint density at radius 1 is 1.25 bits per heavy atom. The maximum absolute atomic E-state index is 13.6. The summed E-state index contributed by atoms with van der Waals surface area (Å²) >= 11 is 0. The van der Waals surface area contributed by atoms with Crippen LogP contribution in [0.5, 0.6) is 5.75 Å². The molecule has 158 valence electrons. The Morgan fingerprint density at radius 3 is 2.61 bits per heavy atom. The van der Waals surface area contributed by atoms with E-state index in [0.29, 0.717) is 25.6 Å². The summed E-state index contributed by atoms with van der Waals surface area (Å²) in [6.45, 7) is 6.37. The molecule has 0 heterocycles. The van der Waals surface area contributed by atoms with E-state index in [1.165, 1.54) is 12.5 Å². The van der Waals surface area contributed by atoms with E-state index in [9.17, 15) is 9.18 Å². The number of halogens is 2. The summed E-state index contributed by atoms with van der Waals surface area (Å²) in [5, 5.41) is 9.39. The zero-order valence-electron chi connectivity index (χ0n) is 16.7. The third-order valence-electron chi connectivity index (χ3n) is 4.44. The average molecular weight is 506 g/mol. The van der Waals surface area contributed by atoms with Crippen molar-refractivity contribution < 1.29 is 13.9 Å². The molecular formula is C20H32FIN4O2. The number of nitrogens with one attached hydrogen (secondary N) is 3. The lowest BCUT2D eigenvalue weighted by molar-refractivity contribution is -0.127. The Kier molecular flexibility index (Phi) is 11.9. The second kappa shape index (κ2) is 13.6. The molecule has 1 fully saturated rings. The van der Waals surface area contributed by atoms with Crippen molar-refractivity contribution in [2.45, 2.75) is 45.6 Å². The number of carbonyl (C=O) groups excluding carboxylic acids is 1. The molecule has 0 spiro atoms. The van der Waals surface area contributed by atoms with Crippen LogP contribution < -0.4 is 20.7 Å². The van der Waals surface area contributed by atoms with E-state index in [0.717, 1.165) is 25.8 Å². The normalized spacial score (nSPS) is 15.0. The van der Waals surface area contributed by atoms with Gasteiger partial charge in [0.15, 0.2) is 17.5 Å². The Morgan fingerprint density at radius 2 is 1.96 bits per heavy atom. The largest absolute Gasteiger partial charge is 0.486 e. The van der Waals surface area contributed by atoms with Crippen LogP contribution in [0.4, 0.5) is 4.39 Å². The number of ether oxygens (including phenoxy) is 1. The molecule has 1 aromatic carbocycles. The number of aliphatic imine (C=N–C) groups is 1. The molecule has 1 atom stereocenters. The zero-order valence-corrected chi connectivity index (χ0v) is 19.0. The predicted molar refractivity (Wildman–Crippen MR) is 121 cm³/mol. The van der Waals surface area contributed by atoms with Crippen molar-refractivity contribution in [2.24, 2.45) is 10.9 Å². The molecule has 6 nitrogen and oxygen atoms in total. The van der Waals surface area contributed by atoms with Crippen LogP contribution in [0.25, 0.3) is 0 Å². The van der Waals surface area contributed by atoms with E-state index in [-0.39, 0.29) is 53.5 Å². The summed E-state index contributed by atoms with van der Waals surface area (Å²) in [5.41, 5.74) is 0. The summed E-state index contributed by atoms with van der Waals surface area (Å²) in [4.78, 5) is 16.3. The van der Waals surface area contributed by atoms with Gasteiger partial charge < -0.3 is 20.7 Å². The molecule has 0 aliphatic heterocycles. The molecule has 0 aromatic heterocycles. The van der Waals surface area contributed by atoms with Gasteiger partial charge >= 0.3 is 0 Å². The first-order valence-electron chi connectivity index (χ1n) is 9.81. The highest BCUT2D eigenvalue weighted by atomic mass is 127. The number of benzene rings is 1. The molecule has 0 radical (unpaired) electrons. The van der Waals surface area contributed by atoms with Gasteiger partial charge in [-0.1, -0.05) is 18.6 Å². The van der Waals surface area contributed by atoms with E-state index in [2.05, 4.69) is 20.9 Å². The molecule has 1 aromatic rings. The maximum atomic E-state index is 13.6. The van der Waals surface area contributed by atoms with Gasteiger partial charge in [0.05, 0.1) is 6.54 Å². The lowest BCUT2D eigenvalue weighted by Crippen LogP contribution is -2.40. The first kappa shape index (κ1) is 24.5. The molecular weight excluding hydrogens is 474 g/mol. The Hall–Kier alpha value is -1.58. The Bertz CT molecular complexity index is 626. The minimum Gasteiger partial charge on any atom is -0.486 e. The third kappa shape index (κ3) is 8.62. The second-order valence-corrected chi connectivity index (χ2v) is 6.78. The predicted octanol–water partition coefficient (Wildman–Crippen LogP) is 3.07. The van der Waals surface area contributed by atoms with Gasteiger partial charge in [-0.3, -0.25) is 4.79 Å². The highest BCUT2D eigenvalue weighted by molar-refractivity contribution is 14.0. The lowest BCUT2D eigenvalue weighted by atomic mass is 9.85. The zero-order chi connectivity index (χ0) is 19.5. The van der Waals surface area contributed by atoms with Crippen LogP contribution in [0.2, 0.25) is 0 Å². The van der Waals surface area contributed by atoms with E-state index in [4.69, 9.17) is 4.74 Å². The fourth-order valence-corrected chi connectivity index (χ4v) is 2.68. The van der Waals surface area contributed by atoms with Gasteiger partial charge in [-0.2, -0.15) is 0 Å². The number of hydrogen-bond donors (Lipinski definition) is 3. The summed E-state index contributed by atoms with van der Waals surface area (Å²) in [6.07, 6.45) is 3.79. The van der Waals surface area contributed by atoms with Gasteiger partial charge in [0.2, 0.25) is 5.91 Å². The van der Waals surface area contributed by atoms with E-state index < -0.39 is 0 Å². The number of guanidine groups is 1. The van der Waals surface area contributed by atoms with Gasteiger partial charge in [-0.25, -0.2) is 9.38 Å². The molecule has 0 saturated heterocycles. The number of nitrogens with zero attached hydrogens (tertiary/aromatic N) is 1.